The summed E-state index contributed by atoms with van der Waals surface area (Å²) in [5, 5.41) is 6.82. The molecule has 164 valence electrons. The number of halogens is 2. The lowest BCUT2D eigenvalue weighted by atomic mass is 10.0. The largest absolute Gasteiger partial charge is 0.375 e. The second-order valence-electron chi connectivity index (χ2n) is 7.79. The number of hydrogen-bond acceptors (Lipinski definition) is 3. The molecule has 0 bridgehead atoms. The van der Waals surface area contributed by atoms with Crippen LogP contribution in [0.1, 0.15) is 24.0 Å². The summed E-state index contributed by atoms with van der Waals surface area (Å²) >= 11 is 0. The maximum Gasteiger partial charge on any atom is 0.191 e. The van der Waals surface area contributed by atoms with Gasteiger partial charge in [0.25, 0.3) is 0 Å². The Labute approximate surface area is 196 Å². The Balaban J connectivity index is 0.00000320. The van der Waals surface area contributed by atoms with E-state index in [1.54, 1.807) is 18.0 Å². The summed E-state index contributed by atoms with van der Waals surface area (Å²) in [6.07, 6.45) is 2.17. The van der Waals surface area contributed by atoms with Crippen LogP contribution in [0, 0.1) is 5.82 Å². The second-order valence-corrected chi connectivity index (χ2v) is 7.79. The first-order valence-corrected chi connectivity index (χ1v) is 10.2. The first kappa shape index (κ1) is 24.4. The molecule has 2 aromatic carbocycles. The van der Waals surface area contributed by atoms with E-state index < -0.39 is 0 Å². The smallest absolute Gasteiger partial charge is 0.191 e. The first-order chi connectivity index (χ1) is 14.0. The molecule has 2 aromatic rings. The highest BCUT2D eigenvalue weighted by Gasteiger charge is 2.20. The van der Waals surface area contributed by atoms with Crippen molar-refractivity contribution in [1.29, 1.82) is 0 Å². The van der Waals surface area contributed by atoms with Gasteiger partial charge in [-0.2, -0.15) is 0 Å². The van der Waals surface area contributed by atoms with Crippen LogP contribution in [-0.4, -0.2) is 51.1 Å². The van der Waals surface area contributed by atoms with E-state index in [0.717, 1.165) is 44.0 Å². The first-order valence-electron chi connectivity index (χ1n) is 10.2. The van der Waals surface area contributed by atoms with Gasteiger partial charge in [0.2, 0.25) is 0 Å². The van der Waals surface area contributed by atoms with E-state index in [0.29, 0.717) is 18.3 Å². The van der Waals surface area contributed by atoms with Crippen molar-refractivity contribution in [1.82, 2.24) is 15.5 Å². The third-order valence-electron chi connectivity index (χ3n) is 5.35. The minimum atomic E-state index is -0.206. The Morgan fingerprint density at radius 2 is 1.80 bits per heavy atom. The predicted octanol–water partition coefficient (Wildman–Crippen LogP) is 3.84. The van der Waals surface area contributed by atoms with Crippen molar-refractivity contribution in [3.05, 3.63) is 65.5 Å². The Morgan fingerprint density at radius 1 is 1.10 bits per heavy atom. The summed E-state index contributed by atoms with van der Waals surface area (Å²) in [6, 6.07) is 16.4. The van der Waals surface area contributed by atoms with Crippen molar-refractivity contribution in [3.63, 3.8) is 0 Å². The number of anilines is 1. The topological polar surface area (TPSA) is 42.9 Å². The molecular weight excluding hydrogens is 492 g/mol. The highest BCUT2D eigenvalue weighted by Crippen LogP contribution is 2.18. The van der Waals surface area contributed by atoms with Gasteiger partial charge in [-0.25, -0.2) is 4.39 Å². The molecule has 0 amide bonds. The van der Waals surface area contributed by atoms with Gasteiger partial charge in [-0.3, -0.25) is 9.89 Å². The average molecular weight is 525 g/mol. The summed E-state index contributed by atoms with van der Waals surface area (Å²) in [7, 11) is 5.45. The number of piperidine rings is 1. The second kappa shape index (κ2) is 12.1. The maximum absolute atomic E-state index is 14.2. The van der Waals surface area contributed by atoms with Gasteiger partial charge >= 0.3 is 0 Å². The molecule has 7 heteroatoms. The van der Waals surface area contributed by atoms with Crippen LogP contribution >= 0.6 is 24.0 Å². The fraction of sp³-hybridized carbons (Fsp3) is 0.435. The highest BCUT2D eigenvalue weighted by atomic mass is 127. The molecular formula is C23H33FIN5. The van der Waals surface area contributed by atoms with E-state index in [4.69, 9.17) is 0 Å². The zero-order chi connectivity index (χ0) is 20.6. The molecule has 1 aliphatic rings. The number of nitrogens with one attached hydrogen (secondary N) is 2. The number of likely N-dealkylation sites (tertiary alicyclic amines) is 1. The number of rotatable bonds is 6. The van der Waals surface area contributed by atoms with E-state index in [9.17, 15) is 4.39 Å². The predicted molar refractivity (Wildman–Crippen MR) is 134 cm³/mol. The lowest BCUT2D eigenvalue weighted by Gasteiger charge is -2.33. The average Bonchev–Trinajstić information content (AvgIpc) is 2.73. The molecule has 0 unspecified atom stereocenters. The number of nitrogens with zero attached hydrogens (tertiary/aromatic N) is 3. The Kier molecular flexibility index (Phi) is 9.84. The van der Waals surface area contributed by atoms with Crippen molar-refractivity contribution in [2.24, 2.45) is 4.99 Å². The van der Waals surface area contributed by atoms with Crippen molar-refractivity contribution in [2.75, 3.05) is 39.1 Å². The zero-order valence-corrected chi connectivity index (χ0v) is 20.4. The van der Waals surface area contributed by atoms with Crippen molar-refractivity contribution in [2.45, 2.75) is 32.0 Å². The zero-order valence-electron chi connectivity index (χ0n) is 18.1. The quantitative estimate of drug-likeness (QED) is 0.342. The van der Waals surface area contributed by atoms with E-state index in [-0.39, 0.29) is 29.8 Å². The fourth-order valence-corrected chi connectivity index (χ4v) is 3.67. The standard InChI is InChI=1S/C23H32FN5.HI/c1-25-23(26-16-19-9-10-22(28(2)3)21(24)15-19)27-20-11-13-29(14-12-20)17-18-7-5-4-6-8-18;/h4-10,15,20H,11-14,16-17H2,1-3H3,(H2,25,26,27);1H. The van der Waals surface area contributed by atoms with E-state index in [2.05, 4.69) is 50.9 Å². The van der Waals surface area contributed by atoms with Gasteiger partial charge in [-0.15, -0.1) is 24.0 Å². The van der Waals surface area contributed by atoms with Crippen molar-refractivity contribution in [3.8, 4) is 0 Å². The highest BCUT2D eigenvalue weighted by molar-refractivity contribution is 14.0. The molecule has 0 spiro atoms. The van der Waals surface area contributed by atoms with Crippen LogP contribution in [0.15, 0.2) is 53.5 Å². The molecule has 3 rings (SSSR count). The van der Waals surface area contributed by atoms with E-state index >= 15 is 0 Å². The molecule has 0 radical (unpaired) electrons. The normalized spacial score (nSPS) is 15.4. The minimum Gasteiger partial charge on any atom is -0.375 e. The van der Waals surface area contributed by atoms with Crippen LogP contribution in [0.4, 0.5) is 10.1 Å². The van der Waals surface area contributed by atoms with Gasteiger partial charge < -0.3 is 15.5 Å². The molecule has 2 N–H and O–H groups in total. The van der Waals surface area contributed by atoms with Crippen LogP contribution in [-0.2, 0) is 13.1 Å². The summed E-state index contributed by atoms with van der Waals surface area (Å²) < 4.78 is 14.2. The number of aliphatic imine (C=N–C) groups is 1. The molecule has 5 nitrogen and oxygen atoms in total. The Hall–Kier alpha value is -1.87. The fourth-order valence-electron chi connectivity index (χ4n) is 3.67. The summed E-state index contributed by atoms with van der Waals surface area (Å²) in [4.78, 5) is 8.60. The molecule has 1 aliphatic heterocycles. The van der Waals surface area contributed by atoms with Crippen LogP contribution in [0.5, 0.6) is 0 Å². The molecule has 0 aromatic heterocycles. The van der Waals surface area contributed by atoms with Crippen molar-refractivity contribution < 1.29 is 4.39 Å². The van der Waals surface area contributed by atoms with Gasteiger partial charge in [0, 0.05) is 53.4 Å². The van der Waals surface area contributed by atoms with Gasteiger partial charge in [-0.05, 0) is 36.1 Å². The SMILES string of the molecule is CN=C(NCc1ccc(N(C)C)c(F)c1)NC1CCN(Cc2ccccc2)CC1.I. The molecule has 0 atom stereocenters. The van der Waals surface area contributed by atoms with Gasteiger partial charge in [0.15, 0.2) is 5.96 Å². The molecule has 30 heavy (non-hydrogen) atoms. The monoisotopic (exact) mass is 525 g/mol. The maximum atomic E-state index is 14.2. The third-order valence-corrected chi connectivity index (χ3v) is 5.35. The van der Waals surface area contributed by atoms with Gasteiger partial charge in [0.05, 0.1) is 5.69 Å². The summed E-state index contributed by atoms with van der Waals surface area (Å²) in [5.41, 5.74) is 2.86. The van der Waals surface area contributed by atoms with Crippen LogP contribution in [0.3, 0.4) is 0 Å². The lowest BCUT2D eigenvalue weighted by molar-refractivity contribution is 0.198. The third kappa shape index (κ3) is 7.12. The Bertz CT molecular complexity index is 804. The van der Waals surface area contributed by atoms with Crippen LogP contribution < -0.4 is 15.5 Å². The number of benzene rings is 2. The number of guanidine groups is 1. The van der Waals surface area contributed by atoms with Crippen LogP contribution in [0.25, 0.3) is 0 Å². The summed E-state index contributed by atoms with van der Waals surface area (Å²) in [5.74, 6) is 0.562. The van der Waals surface area contributed by atoms with Crippen molar-refractivity contribution >= 4 is 35.6 Å². The molecule has 1 fully saturated rings. The van der Waals surface area contributed by atoms with Gasteiger partial charge in [-0.1, -0.05) is 36.4 Å². The number of hydrogen-bond donors (Lipinski definition) is 2. The molecule has 1 heterocycles. The lowest BCUT2D eigenvalue weighted by Crippen LogP contribution is -2.48. The van der Waals surface area contributed by atoms with Gasteiger partial charge in [0.1, 0.15) is 5.82 Å². The molecule has 0 aliphatic carbocycles. The Morgan fingerprint density at radius 3 is 2.40 bits per heavy atom. The summed E-state index contributed by atoms with van der Waals surface area (Å²) in [6.45, 7) is 3.69. The minimum absolute atomic E-state index is 0. The van der Waals surface area contributed by atoms with E-state index in [1.807, 2.05) is 26.2 Å². The molecule has 0 saturated carbocycles. The molecule has 1 saturated heterocycles. The van der Waals surface area contributed by atoms with E-state index in [1.165, 1.54) is 5.56 Å². The van der Waals surface area contributed by atoms with Crippen LogP contribution in [0.2, 0.25) is 0 Å².